The van der Waals surface area contributed by atoms with Gasteiger partial charge in [-0.15, -0.1) is 10.2 Å². The number of para-hydroxylation sites is 1. The second-order valence-electron chi connectivity index (χ2n) is 5.36. The molecule has 0 saturated carbocycles. The molecule has 8 heteroatoms. The van der Waals surface area contributed by atoms with Crippen molar-refractivity contribution in [2.75, 3.05) is 11.1 Å². The fraction of sp³-hybridized carbons (Fsp3) is 0.167. The van der Waals surface area contributed by atoms with Crippen molar-refractivity contribution in [2.24, 2.45) is 0 Å². The van der Waals surface area contributed by atoms with Gasteiger partial charge in [0.2, 0.25) is 5.91 Å². The number of anilines is 1. The maximum Gasteiger partial charge on any atom is 0.277 e. The minimum absolute atomic E-state index is 0.146. The molecule has 0 atom stereocenters. The SMILES string of the molecule is Cc1ccccc1OCc1nnc(SCC(=O)Nc2cccc(Cl)c2)o1. The molecular weight excluding hydrogens is 374 g/mol. The van der Waals surface area contributed by atoms with Crippen LogP contribution in [-0.4, -0.2) is 21.9 Å². The summed E-state index contributed by atoms with van der Waals surface area (Å²) in [5.41, 5.74) is 1.67. The first-order valence-corrected chi connectivity index (χ1v) is 9.15. The summed E-state index contributed by atoms with van der Waals surface area (Å²) in [6, 6.07) is 14.6. The molecule has 0 unspecified atom stereocenters. The van der Waals surface area contributed by atoms with E-state index in [4.69, 9.17) is 20.8 Å². The number of carbonyl (C=O) groups excluding carboxylic acids is 1. The Kier molecular flexibility index (Phi) is 6.14. The van der Waals surface area contributed by atoms with E-state index in [1.807, 2.05) is 31.2 Å². The number of ether oxygens (including phenoxy) is 1. The van der Waals surface area contributed by atoms with Crippen LogP contribution in [0.5, 0.6) is 5.75 Å². The maximum atomic E-state index is 12.0. The molecule has 6 nitrogen and oxygen atoms in total. The van der Waals surface area contributed by atoms with Crippen molar-refractivity contribution < 1.29 is 13.9 Å². The van der Waals surface area contributed by atoms with Gasteiger partial charge in [0.1, 0.15) is 5.75 Å². The van der Waals surface area contributed by atoms with Gasteiger partial charge >= 0.3 is 0 Å². The highest BCUT2D eigenvalue weighted by Gasteiger charge is 2.11. The molecule has 3 rings (SSSR count). The Morgan fingerprint density at radius 3 is 2.88 bits per heavy atom. The van der Waals surface area contributed by atoms with Crippen molar-refractivity contribution in [3.8, 4) is 5.75 Å². The molecular formula is C18H16ClN3O3S. The third kappa shape index (κ3) is 5.24. The first kappa shape index (κ1) is 18.3. The molecule has 0 aliphatic carbocycles. The summed E-state index contributed by atoms with van der Waals surface area (Å²) in [4.78, 5) is 12.0. The van der Waals surface area contributed by atoms with E-state index in [2.05, 4.69) is 15.5 Å². The van der Waals surface area contributed by atoms with Crippen LogP contribution in [0, 0.1) is 6.92 Å². The minimum atomic E-state index is -0.187. The van der Waals surface area contributed by atoms with E-state index in [1.54, 1.807) is 24.3 Å². The molecule has 3 aromatic rings. The van der Waals surface area contributed by atoms with Gasteiger partial charge in [-0.05, 0) is 36.8 Å². The fourth-order valence-corrected chi connectivity index (χ4v) is 2.87. The zero-order valence-corrected chi connectivity index (χ0v) is 15.5. The Balaban J connectivity index is 1.47. The van der Waals surface area contributed by atoms with E-state index in [-0.39, 0.29) is 18.3 Å². The van der Waals surface area contributed by atoms with Crippen LogP contribution < -0.4 is 10.1 Å². The molecule has 0 aliphatic heterocycles. The van der Waals surface area contributed by atoms with Crippen LogP contribution in [0.25, 0.3) is 0 Å². The van der Waals surface area contributed by atoms with Crippen molar-refractivity contribution in [1.29, 1.82) is 0 Å². The van der Waals surface area contributed by atoms with E-state index in [1.165, 1.54) is 0 Å². The standard InChI is InChI=1S/C18H16ClN3O3S/c1-12-5-2-3-8-15(12)24-10-17-21-22-18(25-17)26-11-16(23)20-14-7-4-6-13(19)9-14/h2-9H,10-11H2,1H3,(H,20,23). The Morgan fingerprint density at radius 1 is 1.23 bits per heavy atom. The van der Waals surface area contributed by atoms with Crippen LogP contribution in [0.3, 0.4) is 0 Å². The quantitative estimate of drug-likeness (QED) is 0.605. The van der Waals surface area contributed by atoms with Crippen LogP contribution in [0.2, 0.25) is 5.02 Å². The number of halogens is 1. The van der Waals surface area contributed by atoms with Crippen molar-refractivity contribution in [3.05, 3.63) is 65.0 Å². The predicted octanol–water partition coefficient (Wildman–Crippen LogP) is 4.34. The van der Waals surface area contributed by atoms with E-state index >= 15 is 0 Å². The molecule has 1 heterocycles. The number of rotatable bonds is 7. The Hall–Kier alpha value is -2.51. The summed E-state index contributed by atoms with van der Waals surface area (Å²) >= 11 is 7.04. The fourth-order valence-electron chi connectivity index (χ4n) is 2.10. The molecule has 0 spiro atoms. The average molecular weight is 390 g/mol. The third-order valence-electron chi connectivity index (χ3n) is 3.33. The monoisotopic (exact) mass is 389 g/mol. The summed E-state index contributed by atoms with van der Waals surface area (Å²) in [6.07, 6.45) is 0. The molecule has 0 radical (unpaired) electrons. The second kappa shape index (κ2) is 8.73. The predicted molar refractivity (Wildman–Crippen MR) is 101 cm³/mol. The number of nitrogens with zero attached hydrogens (tertiary/aromatic N) is 2. The van der Waals surface area contributed by atoms with Crippen molar-refractivity contribution >= 4 is 35.0 Å². The zero-order chi connectivity index (χ0) is 18.4. The van der Waals surface area contributed by atoms with Crippen molar-refractivity contribution in [1.82, 2.24) is 10.2 Å². The van der Waals surface area contributed by atoms with Gasteiger partial charge in [-0.2, -0.15) is 0 Å². The average Bonchev–Trinajstić information content (AvgIpc) is 3.07. The largest absolute Gasteiger partial charge is 0.484 e. The Morgan fingerprint density at radius 2 is 2.08 bits per heavy atom. The lowest BCUT2D eigenvalue weighted by Gasteiger charge is -2.05. The van der Waals surface area contributed by atoms with Gasteiger partial charge in [0, 0.05) is 10.7 Å². The molecule has 0 bridgehead atoms. The van der Waals surface area contributed by atoms with Crippen molar-refractivity contribution in [2.45, 2.75) is 18.8 Å². The zero-order valence-electron chi connectivity index (χ0n) is 13.9. The van der Waals surface area contributed by atoms with E-state index in [0.29, 0.717) is 21.8 Å². The van der Waals surface area contributed by atoms with E-state index in [9.17, 15) is 4.79 Å². The second-order valence-corrected chi connectivity index (χ2v) is 6.73. The normalized spacial score (nSPS) is 10.5. The lowest BCUT2D eigenvalue weighted by Crippen LogP contribution is -2.13. The highest BCUT2D eigenvalue weighted by Crippen LogP contribution is 2.20. The number of nitrogens with one attached hydrogen (secondary N) is 1. The number of hydrogen-bond donors (Lipinski definition) is 1. The number of aromatic nitrogens is 2. The van der Waals surface area contributed by atoms with Gasteiger partial charge in [0.25, 0.3) is 11.1 Å². The minimum Gasteiger partial charge on any atom is -0.484 e. The molecule has 134 valence electrons. The summed E-state index contributed by atoms with van der Waals surface area (Å²) in [5, 5.41) is 11.5. The van der Waals surface area contributed by atoms with E-state index in [0.717, 1.165) is 23.1 Å². The highest BCUT2D eigenvalue weighted by molar-refractivity contribution is 7.99. The number of carbonyl (C=O) groups is 1. The van der Waals surface area contributed by atoms with Gasteiger partial charge in [0.05, 0.1) is 5.75 Å². The van der Waals surface area contributed by atoms with Crippen LogP contribution in [-0.2, 0) is 11.4 Å². The number of hydrogen-bond acceptors (Lipinski definition) is 6. The molecule has 1 N–H and O–H groups in total. The molecule has 0 fully saturated rings. The lowest BCUT2D eigenvalue weighted by molar-refractivity contribution is -0.113. The smallest absolute Gasteiger partial charge is 0.277 e. The van der Waals surface area contributed by atoms with E-state index < -0.39 is 0 Å². The summed E-state index contributed by atoms with van der Waals surface area (Å²) < 4.78 is 11.1. The van der Waals surface area contributed by atoms with Crippen LogP contribution >= 0.6 is 23.4 Å². The molecule has 0 aliphatic rings. The molecule has 26 heavy (non-hydrogen) atoms. The number of aryl methyl sites for hydroxylation is 1. The molecule has 0 saturated heterocycles. The van der Waals surface area contributed by atoms with Crippen LogP contribution in [0.4, 0.5) is 5.69 Å². The first-order valence-electron chi connectivity index (χ1n) is 7.79. The molecule has 2 aromatic carbocycles. The summed E-state index contributed by atoms with van der Waals surface area (Å²) in [5.74, 6) is 1.08. The van der Waals surface area contributed by atoms with Crippen LogP contribution in [0.15, 0.2) is 58.2 Å². The first-order chi connectivity index (χ1) is 12.6. The van der Waals surface area contributed by atoms with Gasteiger partial charge < -0.3 is 14.5 Å². The Bertz CT molecular complexity index is 901. The summed E-state index contributed by atoms with van der Waals surface area (Å²) in [7, 11) is 0. The van der Waals surface area contributed by atoms with Gasteiger partial charge in [0.15, 0.2) is 6.61 Å². The summed E-state index contributed by atoms with van der Waals surface area (Å²) in [6.45, 7) is 2.14. The van der Waals surface area contributed by atoms with Gasteiger partial charge in [-0.1, -0.05) is 47.6 Å². The topological polar surface area (TPSA) is 77.2 Å². The van der Waals surface area contributed by atoms with Crippen molar-refractivity contribution in [3.63, 3.8) is 0 Å². The molecule has 1 amide bonds. The maximum absolute atomic E-state index is 12.0. The molecule has 1 aromatic heterocycles. The number of benzene rings is 2. The Labute approximate surface area is 159 Å². The lowest BCUT2D eigenvalue weighted by atomic mass is 10.2. The highest BCUT2D eigenvalue weighted by atomic mass is 35.5. The van der Waals surface area contributed by atoms with Crippen LogP contribution in [0.1, 0.15) is 11.5 Å². The van der Waals surface area contributed by atoms with Gasteiger partial charge in [-0.25, -0.2) is 0 Å². The number of amides is 1. The van der Waals surface area contributed by atoms with Gasteiger partial charge in [-0.3, -0.25) is 4.79 Å². The number of thioether (sulfide) groups is 1. The third-order valence-corrected chi connectivity index (χ3v) is 4.38.